The predicted octanol–water partition coefficient (Wildman–Crippen LogP) is 3.10. The third kappa shape index (κ3) is 3.93. The van der Waals surface area contributed by atoms with Gasteiger partial charge in [0, 0.05) is 30.9 Å². The van der Waals surface area contributed by atoms with Gasteiger partial charge in [-0.25, -0.2) is 4.79 Å². The lowest BCUT2D eigenvalue weighted by molar-refractivity contribution is -0.136. The fourth-order valence-electron chi connectivity index (χ4n) is 3.09. The average molecular weight is 415 g/mol. The molecule has 1 aliphatic rings. The van der Waals surface area contributed by atoms with Crippen LogP contribution in [0.5, 0.6) is 0 Å². The molecule has 0 aliphatic carbocycles. The molecule has 0 saturated carbocycles. The normalized spacial score (nSPS) is 14.3. The van der Waals surface area contributed by atoms with Gasteiger partial charge in [0.2, 0.25) is 0 Å². The number of benzene rings is 1. The van der Waals surface area contributed by atoms with E-state index in [1.807, 2.05) is 35.7 Å². The van der Waals surface area contributed by atoms with E-state index in [1.54, 1.807) is 21.9 Å². The lowest BCUT2D eigenvalue weighted by atomic mass is 10.2. The molecule has 2 amide bonds. The number of hydrogen-bond donors (Lipinski definition) is 0. The van der Waals surface area contributed by atoms with Crippen molar-refractivity contribution in [3.8, 4) is 0 Å². The Morgan fingerprint density at radius 3 is 2.39 bits per heavy atom. The zero-order valence-electron chi connectivity index (χ0n) is 15.0. The first-order valence-electron chi connectivity index (χ1n) is 8.88. The molecule has 2 aromatic heterocycles. The van der Waals surface area contributed by atoms with Crippen LogP contribution in [0.3, 0.4) is 0 Å². The highest BCUT2D eigenvalue weighted by Gasteiger charge is 2.26. The number of amides is 2. The van der Waals surface area contributed by atoms with Crippen LogP contribution >= 0.6 is 22.7 Å². The molecule has 1 aromatic carbocycles. The summed E-state index contributed by atoms with van der Waals surface area (Å²) in [6.07, 6.45) is 0. The van der Waals surface area contributed by atoms with Crippen molar-refractivity contribution in [3.05, 3.63) is 57.6 Å². The Morgan fingerprint density at radius 1 is 0.929 bits per heavy atom. The van der Waals surface area contributed by atoms with Gasteiger partial charge in [-0.05, 0) is 29.0 Å². The van der Waals surface area contributed by atoms with E-state index in [4.69, 9.17) is 4.74 Å². The SMILES string of the molecule is O=C(OCC(=O)N1CCN(C(=O)c2cccs2)CC1)c1cc2ccccc2s1. The first kappa shape index (κ1) is 18.6. The molecule has 0 unspecified atom stereocenters. The van der Waals surface area contributed by atoms with E-state index in [0.717, 1.165) is 10.1 Å². The maximum atomic E-state index is 12.4. The van der Waals surface area contributed by atoms with Gasteiger partial charge in [0.25, 0.3) is 11.8 Å². The van der Waals surface area contributed by atoms with E-state index >= 15 is 0 Å². The van der Waals surface area contributed by atoms with Crippen molar-refractivity contribution in [2.75, 3.05) is 32.8 Å². The van der Waals surface area contributed by atoms with Crippen molar-refractivity contribution < 1.29 is 19.1 Å². The maximum Gasteiger partial charge on any atom is 0.348 e. The van der Waals surface area contributed by atoms with E-state index in [2.05, 4.69) is 0 Å². The van der Waals surface area contributed by atoms with Crippen LogP contribution in [0, 0.1) is 0 Å². The van der Waals surface area contributed by atoms with Crippen molar-refractivity contribution in [2.45, 2.75) is 0 Å². The summed E-state index contributed by atoms with van der Waals surface area (Å²) in [5.74, 6) is -0.725. The van der Waals surface area contributed by atoms with E-state index in [-0.39, 0.29) is 18.4 Å². The lowest BCUT2D eigenvalue weighted by Gasteiger charge is -2.34. The minimum atomic E-state index is -0.485. The van der Waals surface area contributed by atoms with Gasteiger partial charge in [0.1, 0.15) is 4.88 Å². The molecule has 3 aromatic rings. The monoisotopic (exact) mass is 414 g/mol. The molecule has 0 bridgehead atoms. The molecule has 1 fully saturated rings. The van der Waals surface area contributed by atoms with Crippen molar-refractivity contribution in [1.82, 2.24) is 9.80 Å². The van der Waals surface area contributed by atoms with Crippen molar-refractivity contribution >= 4 is 50.5 Å². The van der Waals surface area contributed by atoms with E-state index in [0.29, 0.717) is 35.9 Å². The van der Waals surface area contributed by atoms with Gasteiger partial charge >= 0.3 is 5.97 Å². The van der Waals surface area contributed by atoms with Crippen LogP contribution in [0.2, 0.25) is 0 Å². The molecule has 0 N–H and O–H groups in total. The quantitative estimate of drug-likeness (QED) is 0.616. The second kappa shape index (κ2) is 8.12. The van der Waals surface area contributed by atoms with Crippen molar-refractivity contribution in [1.29, 1.82) is 0 Å². The first-order chi connectivity index (χ1) is 13.6. The van der Waals surface area contributed by atoms with Gasteiger partial charge in [-0.2, -0.15) is 0 Å². The largest absolute Gasteiger partial charge is 0.451 e. The standard InChI is InChI=1S/C20H18N2O4S2/c23-18(13-26-20(25)17-12-14-4-1-2-5-15(14)28-17)21-7-9-22(10-8-21)19(24)16-6-3-11-27-16/h1-6,11-12H,7-10,13H2. The number of rotatable bonds is 4. The Hall–Kier alpha value is -2.71. The molecule has 0 atom stereocenters. The molecule has 4 rings (SSSR count). The second-order valence-electron chi connectivity index (χ2n) is 6.37. The third-order valence-electron chi connectivity index (χ3n) is 4.60. The van der Waals surface area contributed by atoms with E-state index in [1.165, 1.54) is 22.7 Å². The van der Waals surface area contributed by atoms with E-state index in [9.17, 15) is 14.4 Å². The Bertz CT molecular complexity index is 971. The molecule has 6 nitrogen and oxygen atoms in total. The number of carbonyl (C=O) groups excluding carboxylic acids is 3. The molecule has 1 saturated heterocycles. The summed E-state index contributed by atoms with van der Waals surface area (Å²) < 4.78 is 6.21. The molecule has 1 aliphatic heterocycles. The summed E-state index contributed by atoms with van der Waals surface area (Å²) in [6, 6.07) is 13.1. The van der Waals surface area contributed by atoms with Crippen LogP contribution in [-0.2, 0) is 9.53 Å². The van der Waals surface area contributed by atoms with Gasteiger partial charge in [-0.1, -0.05) is 24.3 Å². The lowest BCUT2D eigenvalue weighted by Crippen LogP contribution is -2.51. The van der Waals surface area contributed by atoms with Crippen LogP contribution in [-0.4, -0.2) is 60.4 Å². The molecule has 3 heterocycles. The molecular weight excluding hydrogens is 396 g/mol. The summed E-state index contributed by atoms with van der Waals surface area (Å²) in [4.78, 5) is 41.5. The highest BCUT2D eigenvalue weighted by atomic mass is 32.1. The molecule has 144 valence electrons. The maximum absolute atomic E-state index is 12.4. The number of fused-ring (bicyclic) bond motifs is 1. The van der Waals surface area contributed by atoms with Crippen LogP contribution in [0.15, 0.2) is 47.8 Å². The van der Waals surface area contributed by atoms with Gasteiger partial charge in [0.05, 0.1) is 4.88 Å². The van der Waals surface area contributed by atoms with Crippen molar-refractivity contribution in [2.24, 2.45) is 0 Å². The summed E-state index contributed by atoms with van der Waals surface area (Å²) >= 11 is 2.77. The molecule has 0 radical (unpaired) electrons. The van der Waals surface area contributed by atoms with Gasteiger partial charge in [0.15, 0.2) is 6.61 Å². The number of hydrogen-bond acceptors (Lipinski definition) is 6. The molecule has 8 heteroatoms. The highest BCUT2D eigenvalue weighted by molar-refractivity contribution is 7.20. The molecular formula is C20H18N2O4S2. The van der Waals surface area contributed by atoms with Crippen LogP contribution in [0.25, 0.3) is 10.1 Å². The smallest absolute Gasteiger partial charge is 0.348 e. The summed E-state index contributed by atoms with van der Waals surface area (Å²) in [6.45, 7) is 1.55. The fraction of sp³-hybridized carbons (Fsp3) is 0.250. The Labute approximate surface area is 169 Å². The zero-order chi connectivity index (χ0) is 19.5. The third-order valence-corrected chi connectivity index (χ3v) is 6.56. The van der Waals surface area contributed by atoms with E-state index < -0.39 is 5.97 Å². The molecule has 0 spiro atoms. The summed E-state index contributed by atoms with van der Waals surface area (Å²) in [5, 5.41) is 2.86. The van der Waals surface area contributed by atoms with Gasteiger partial charge in [-0.15, -0.1) is 22.7 Å². The molecule has 28 heavy (non-hydrogen) atoms. The minimum Gasteiger partial charge on any atom is -0.451 e. The Balaban J connectivity index is 1.27. The van der Waals surface area contributed by atoms with Crippen molar-refractivity contribution in [3.63, 3.8) is 0 Å². The predicted molar refractivity (Wildman–Crippen MR) is 109 cm³/mol. The van der Waals surface area contributed by atoms with Gasteiger partial charge in [-0.3, -0.25) is 9.59 Å². The fourth-order valence-corrected chi connectivity index (χ4v) is 4.73. The number of esters is 1. The van der Waals surface area contributed by atoms with Crippen LogP contribution < -0.4 is 0 Å². The highest BCUT2D eigenvalue weighted by Crippen LogP contribution is 2.25. The Kier molecular flexibility index (Phi) is 5.40. The zero-order valence-corrected chi connectivity index (χ0v) is 16.6. The second-order valence-corrected chi connectivity index (χ2v) is 8.41. The number of ether oxygens (including phenoxy) is 1. The van der Waals surface area contributed by atoms with Gasteiger partial charge < -0.3 is 14.5 Å². The number of piperazine rings is 1. The van der Waals surface area contributed by atoms with Crippen LogP contribution in [0.1, 0.15) is 19.3 Å². The van der Waals surface area contributed by atoms with Crippen LogP contribution in [0.4, 0.5) is 0 Å². The summed E-state index contributed by atoms with van der Waals surface area (Å²) in [7, 11) is 0. The number of carbonyl (C=O) groups is 3. The Morgan fingerprint density at radius 2 is 1.68 bits per heavy atom. The topological polar surface area (TPSA) is 66.9 Å². The number of thiophene rings is 2. The average Bonchev–Trinajstić information content (AvgIpc) is 3.41. The summed E-state index contributed by atoms with van der Waals surface area (Å²) in [5.41, 5.74) is 0. The first-order valence-corrected chi connectivity index (χ1v) is 10.6. The number of nitrogens with zero attached hydrogens (tertiary/aromatic N) is 2. The minimum absolute atomic E-state index is 0.00158.